The molecule has 1 rings (SSSR count). The van der Waals surface area contributed by atoms with E-state index in [1.54, 1.807) is 0 Å². The normalized spacial score (nSPS) is 27.8. The van der Waals surface area contributed by atoms with Gasteiger partial charge in [-0.2, -0.15) is 0 Å². The molecule has 0 spiro atoms. The van der Waals surface area contributed by atoms with E-state index in [0.717, 1.165) is 0 Å². The molecule has 0 aliphatic carbocycles. The van der Waals surface area contributed by atoms with Crippen molar-refractivity contribution in [3.05, 3.63) is 0 Å². The first kappa shape index (κ1) is 7.15. The predicted octanol–water partition coefficient (Wildman–Crippen LogP) is 3.14. The van der Waals surface area contributed by atoms with Crippen molar-refractivity contribution in [2.75, 3.05) is 0 Å². The summed E-state index contributed by atoms with van der Waals surface area (Å²) in [7, 11) is 0. The molecule has 0 aromatic rings. The van der Waals surface area contributed by atoms with Gasteiger partial charge in [0.25, 0.3) is 0 Å². The molecule has 48 valence electrons. The first-order valence-corrected chi connectivity index (χ1v) is 12.2. The van der Waals surface area contributed by atoms with Crippen LogP contribution in [0.5, 0.6) is 0 Å². The van der Waals surface area contributed by atoms with Crippen molar-refractivity contribution in [3.63, 3.8) is 0 Å². The zero-order valence-electron chi connectivity index (χ0n) is 5.36. The third kappa shape index (κ3) is 2.11. The van der Waals surface area contributed by atoms with Crippen LogP contribution in [0.4, 0.5) is 0 Å². The van der Waals surface area contributed by atoms with Gasteiger partial charge in [0.1, 0.15) is 0 Å². The summed E-state index contributed by atoms with van der Waals surface area (Å²) in [6.07, 6.45) is 4.48. The van der Waals surface area contributed by atoms with Gasteiger partial charge in [-0.3, -0.25) is 0 Å². The van der Waals surface area contributed by atoms with E-state index in [1.165, 1.54) is 29.7 Å². The van der Waals surface area contributed by atoms with E-state index in [1.807, 2.05) is 0 Å². The first-order valence-electron chi connectivity index (χ1n) is 3.25. The Hall–Kier alpha value is 1.04. The molecule has 0 saturated carbocycles. The molecule has 1 heterocycles. The molecular weight excluding hydrogens is 227 g/mol. The van der Waals surface area contributed by atoms with Gasteiger partial charge in [-0.25, -0.2) is 0 Å². The van der Waals surface area contributed by atoms with E-state index in [-0.39, 0.29) is 0 Å². The molecule has 0 aromatic carbocycles. The summed E-state index contributed by atoms with van der Waals surface area (Å²) < 4.78 is 0. The molecule has 1 fully saturated rings. The molecule has 0 N–H and O–H groups in total. The molecule has 2 heteroatoms. The van der Waals surface area contributed by atoms with E-state index < -0.39 is 11.7 Å². The Labute approximate surface area is 61.1 Å². The second-order valence-corrected chi connectivity index (χ2v) is 18.9. The van der Waals surface area contributed by atoms with Gasteiger partial charge in [-0.05, 0) is 0 Å². The van der Waals surface area contributed by atoms with Gasteiger partial charge in [0.2, 0.25) is 0 Å². The van der Waals surface area contributed by atoms with E-state index in [9.17, 15) is 0 Å². The number of hydrogen-bond acceptors (Lipinski definition) is 0. The molecule has 0 amide bonds. The van der Waals surface area contributed by atoms with Gasteiger partial charge in [-0.15, -0.1) is 0 Å². The van der Waals surface area contributed by atoms with Gasteiger partial charge < -0.3 is 0 Å². The summed E-state index contributed by atoms with van der Waals surface area (Å²) >= 11 is 2.78. The molecule has 0 nitrogen and oxygen atoms in total. The fraction of sp³-hybridized carbons (Fsp3) is 1.00. The summed E-state index contributed by atoms with van der Waals surface area (Å²) in [6, 6.07) is 0. The second kappa shape index (κ2) is 2.75. The molecular formula is C6H13AsBr+. The Morgan fingerprint density at radius 3 is 1.88 bits per heavy atom. The molecule has 0 aromatic heterocycles. The standard InChI is InChI=1S/C6H13AsBr/c1-7(8)5-3-2-4-6-7/h2-6H2,1H3/q+1. The summed E-state index contributed by atoms with van der Waals surface area (Å²) in [6.45, 7) is 0. The number of hydrogen-bond donors (Lipinski definition) is 0. The predicted molar refractivity (Wildman–Crippen MR) is 44.0 cm³/mol. The molecule has 1 aliphatic heterocycles. The molecule has 1 saturated heterocycles. The first-order chi connectivity index (χ1) is 3.71. The van der Waals surface area contributed by atoms with Crippen molar-refractivity contribution in [3.8, 4) is 0 Å². The van der Waals surface area contributed by atoms with E-state index in [0.29, 0.717) is 0 Å². The van der Waals surface area contributed by atoms with Crippen LogP contribution in [0.25, 0.3) is 0 Å². The molecule has 0 radical (unpaired) electrons. The van der Waals surface area contributed by atoms with Crippen LogP contribution in [0.15, 0.2) is 0 Å². The van der Waals surface area contributed by atoms with Crippen LogP contribution >= 0.6 is 13.9 Å². The Balaban J connectivity index is 2.33. The van der Waals surface area contributed by atoms with Gasteiger partial charge in [0.15, 0.2) is 0 Å². The van der Waals surface area contributed by atoms with E-state index in [2.05, 4.69) is 19.6 Å². The molecule has 0 bridgehead atoms. The third-order valence-corrected chi connectivity index (χ3v) is 10.7. The molecule has 0 unspecified atom stereocenters. The van der Waals surface area contributed by atoms with Crippen molar-refractivity contribution < 1.29 is 0 Å². The average molecular weight is 240 g/mol. The minimum atomic E-state index is -1.08. The summed E-state index contributed by atoms with van der Waals surface area (Å²) in [5, 5.41) is 3.08. The zero-order chi connectivity index (χ0) is 6.04. The van der Waals surface area contributed by atoms with Crippen LogP contribution in [-0.2, 0) is 0 Å². The zero-order valence-corrected chi connectivity index (χ0v) is 8.82. The fourth-order valence-corrected chi connectivity index (χ4v) is 7.95. The van der Waals surface area contributed by atoms with Crippen molar-refractivity contribution in [1.29, 1.82) is 0 Å². The summed E-state index contributed by atoms with van der Waals surface area (Å²) in [5.41, 5.74) is 2.47. The van der Waals surface area contributed by atoms with Crippen LogP contribution in [0, 0.1) is 0 Å². The summed E-state index contributed by atoms with van der Waals surface area (Å²) in [5.74, 6) is 0. The van der Waals surface area contributed by atoms with Gasteiger partial charge in [-0.1, -0.05) is 0 Å². The third-order valence-electron chi connectivity index (χ3n) is 1.75. The van der Waals surface area contributed by atoms with E-state index in [4.69, 9.17) is 0 Å². The Morgan fingerprint density at radius 1 is 1.12 bits per heavy atom. The molecule has 8 heavy (non-hydrogen) atoms. The topological polar surface area (TPSA) is 0 Å². The number of rotatable bonds is 0. The van der Waals surface area contributed by atoms with Crippen molar-refractivity contribution in [2.24, 2.45) is 0 Å². The van der Waals surface area contributed by atoms with Crippen molar-refractivity contribution in [1.82, 2.24) is 0 Å². The van der Waals surface area contributed by atoms with Crippen LogP contribution in [0.1, 0.15) is 19.3 Å². The molecule has 1 aliphatic rings. The second-order valence-electron chi connectivity index (χ2n) is 2.77. The van der Waals surface area contributed by atoms with Crippen LogP contribution in [-0.4, -0.2) is 11.7 Å². The van der Waals surface area contributed by atoms with E-state index >= 15 is 0 Å². The van der Waals surface area contributed by atoms with Crippen LogP contribution in [0.3, 0.4) is 0 Å². The average Bonchev–Trinajstić information content (AvgIpc) is 1.65. The Bertz CT molecular complexity index is 72.6. The Morgan fingerprint density at radius 2 is 1.62 bits per heavy atom. The number of halogens is 1. The van der Waals surface area contributed by atoms with Gasteiger partial charge >= 0.3 is 61.0 Å². The monoisotopic (exact) mass is 239 g/mol. The summed E-state index contributed by atoms with van der Waals surface area (Å²) in [4.78, 5) is 0. The minimum absolute atomic E-state index is 1.08. The van der Waals surface area contributed by atoms with Crippen molar-refractivity contribution in [2.45, 2.75) is 35.4 Å². The SMILES string of the molecule is C[As+]1(Br)CCCCC1. The maximum atomic E-state index is 3.86. The van der Waals surface area contributed by atoms with Crippen LogP contribution < -0.4 is 0 Å². The quantitative estimate of drug-likeness (QED) is 0.570. The Kier molecular flexibility index (Phi) is 2.46. The van der Waals surface area contributed by atoms with Gasteiger partial charge in [0, 0.05) is 0 Å². The maximum absolute atomic E-state index is 3.86. The fourth-order valence-electron chi connectivity index (χ4n) is 1.17. The van der Waals surface area contributed by atoms with Gasteiger partial charge in [0.05, 0.1) is 0 Å². The molecule has 0 atom stereocenters. The van der Waals surface area contributed by atoms with Crippen LogP contribution in [0.2, 0.25) is 16.1 Å². The van der Waals surface area contributed by atoms with Crippen molar-refractivity contribution >= 4 is 25.6 Å².